The highest BCUT2D eigenvalue weighted by atomic mass is 32.2. The number of carboxylic acid groups (broad SMARTS) is 1. The molecule has 0 aliphatic carbocycles. The van der Waals surface area contributed by atoms with Gasteiger partial charge in [0.05, 0.1) is 23.6 Å². The monoisotopic (exact) mass is 350 g/mol. The summed E-state index contributed by atoms with van der Waals surface area (Å²) in [6, 6.07) is 5.15. The van der Waals surface area contributed by atoms with Crippen LogP contribution in [0.3, 0.4) is 0 Å². The third-order valence-electron chi connectivity index (χ3n) is 3.98. The molecular formula is C16H18N2O5S. The van der Waals surface area contributed by atoms with Crippen molar-refractivity contribution in [1.29, 1.82) is 0 Å². The maximum absolute atomic E-state index is 12.7. The number of ether oxygens (including phenoxy) is 1. The lowest BCUT2D eigenvalue weighted by Crippen LogP contribution is -2.51. The Bertz CT molecular complexity index is 708. The second-order valence-electron chi connectivity index (χ2n) is 5.94. The number of carbonyl (C=O) groups is 3. The van der Waals surface area contributed by atoms with Gasteiger partial charge in [-0.1, -0.05) is 0 Å². The highest BCUT2D eigenvalue weighted by molar-refractivity contribution is 8.00. The molecule has 7 nitrogen and oxygen atoms in total. The van der Waals surface area contributed by atoms with E-state index in [4.69, 9.17) is 9.84 Å². The van der Waals surface area contributed by atoms with Crippen molar-refractivity contribution < 1.29 is 24.2 Å². The van der Waals surface area contributed by atoms with Crippen LogP contribution >= 0.6 is 11.8 Å². The number of fused-ring (bicyclic) bond motifs is 1. The Morgan fingerprint density at radius 2 is 2.08 bits per heavy atom. The minimum atomic E-state index is -1.08. The average Bonchev–Trinajstić information content (AvgIpc) is 2.54. The van der Waals surface area contributed by atoms with E-state index in [1.54, 1.807) is 19.1 Å². The van der Waals surface area contributed by atoms with Crippen LogP contribution in [0.4, 0.5) is 5.69 Å². The zero-order chi connectivity index (χ0) is 17.4. The molecule has 2 N–H and O–H groups in total. The van der Waals surface area contributed by atoms with Gasteiger partial charge in [-0.2, -0.15) is 0 Å². The summed E-state index contributed by atoms with van der Waals surface area (Å²) in [6.45, 7) is 3.90. The summed E-state index contributed by atoms with van der Waals surface area (Å²) >= 11 is 1.45. The van der Waals surface area contributed by atoms with Gasteiger partial charge in [-0.15, -0.1) is 11.8 Å². The van der Waals surface area contributed by atoms with E-state index in [9.17, 15) is 14.4 Å². The van der Waals surface area contributed by atoms with Gasteiger partial charge in [0.2, 0.25) is 5.91 Å². The molecule has 2 aliphatic heterocycles. The first-order valence-electron chi connectivity index (χ1n) is 7.64. The maximum Gasteiger partial charge on any atom is 0.334 e. The molecular weight excluding hydrogens is 332 g/mol. The summed E-state index contributed by atoms with van der Waals surface area (Å²) in [4.78, 5) is 38.0. The van der Waals surface area contributed by atoms with E-state index in [1.807, 2.05) is 13.0 Å². The molecule has 24 heavy (non-hydrogen) atoms. The summed E-state index contributed by atoms with van der Waals surface area (Å²) in [7, 11) is 0. The number of nitrogens with one attached hydrogen (secondary N) is 1. The van der Waals surface area contributed by atoms with E-state index in [0.29, 0.717) is 17.8 Å². The summed E-state index contributed by atoms with van der Waals surface area (Å²) in [5, 5.41) is 11.7. The fourth-order valence-corrected chi connectivity index (χ4v) is 3.71. The van der Waals surface area contributed by atoms with Crippen molar-refractivity contribution in [2.75, 3.05) is 18.4 Å². The number of amides is 2. The van der Waals surface area contributed by atoms with Crippen molar-refractivity contribution in [2.24, 2.45) is 0 Å². The Kier molecular flexibility index (Phi) is 4.51. The molecule has 0 spiro atoms. The Hall–Kier alpha value is -2.06. The Labute approximate surface area is 143 Å². The number of carbonyl (C=O) groups excluding carboxylic acids is 2. The fraction of sp³-hybridized carbons (Fsp3) is 0.438. The summed E-state index contributed by atoms with van der Waals surface area (Å²) in [6.07, 6.45) is -1.37. The number of hydrogen-bond donors (Lipinski definition) is 2. The van der Waals surface area contributed by atoms with Crippen molar-refractivity contribution in [2.45, 2.75) is 36.2 Å². The molecule has 2 heterocycles. The Balaban J connectivity index is 1.81. The lowest BCUT2D eigenvalue weighted by atomic mass is 10.1. The molecule has 0 aromatic heterocycles. The number of nitrogens with zero attached hydrogens (tertiary/aromatic N) is 1. The zero-order valence-electron chi connectivity index (χ0n) is 13.3. The smallest absolute Gasteiger partial charge is 0.334 e. The molecule has 2 unspecified atom stereocenters. The van der Waals surface area contributed by atoms with E-state index in [-0.39, 0.29) is 29.7 Å². The Morgan fingerprint density at radius 1 is 1.33 bits per heavy atom. The van der Waals surface area contributed by atoms with Gasteiger partial charge in [-0.3, -0.25) is 9.59 Å². The molecule has 1 fully saturated rings. The predicted molar refractivity (Wildman–Crippen MR) is 88.3 cm³/mol. The van der Waals surface area contributed by atoms with Crippen LogP contribution < -0.4 is 5.32 Å². The summed E-state index contributed by atoms with van der Waals surface area (Å²) in [5.41, 5.74) is 1.03. The van der Waals surface area contributed by atoms with Crippen molar-refractivity contribution in [3.63, 3.8) is 0 Å². The normalized spacial score (nSPS) is 26.5. The molecule has 128 valence electrons. The molecule has 2 aliphatic rings. The number of carboxylic acids is 1. The van der Waals surface area contributed by atoms with Crippen LogP contribution in [0.1, 0.15) is 24.2 Å². The molecule has 2 amide bonds. The van der Waals surface area contributed by atoms with Gasteiger partial charge in [0.1, 0.15) is 0 Å². The van der Waals surface area contributed by atoms with Gasteiger partial charge >= 0.3 is 5.97 Å². The minimum Gasteiger partial charge on any atom is -0.479 e. The third-order valence-corrected chi connectivity index (χ3v) is 5.16. The van der Waals surface area contributed by atoms with Crippen molar-refractivity contribution in [3.05, 3.63) is 23.8 Å². The lowest BCUT2D eigenvalue weighted by molar-refractivity contribution is -0.160. The highest BCUT2D eigenvalue weighted by Gasteiger charge is 2.33. The molecule has 8 heteroatoms. The van der Waals surface area contributed by atoms with E-state index < -0.39 is 12.1 Å². The standard InChI is InChI=1S/C16H18N2O5S/c1-8-6-18(7-12(23-8)16(21)22)15(20)10-3-4-13-11(5-10)17-14(19)9(2)24-13/h3-5,8-9,12H,6-7H2,1-2H3,(H,17,19)(H,21,22)/t8-,9?,12?/m1/s1. The summed E-state index contributed by atoms with van der Waals surface area (Å²) in [5.74, 6) is -1.44. The first kappa shape index (κ1) is 16.8. The van der Waals surface area contributed by atoms with Crippen molar-refractivity contribution in [1.82, 2.24) is 4.90 Å². The first-order valence-corrected chi connectivity index (χ1v) is 8.52. The topological polar surface area (TPSA) is 95.9 Å². The van der Waals surface area contributed by atoms with Crippen LogP contribution in [-0.2, 0) is 14.3 Å². The van der Waals surface area contributed by atoms with Gasteiger partial charge in [-0.25, -0.2) is 4.79 Å². The number of thioether (sulfide) groups is 1. The van der Waals surface area contributed by atoms with Gasteiger partial charge < -0.3 is 20.1 Å². The molecule has 0 saturated carbocycles. The molecule has 0 bridgehead atoms. The van der Waals surface area contributed by atoms with Crippen LogP contribution in [0, 0.1) is 0 Å². The van der Waals surface area contributed by atoms with Crippen LogP contribution in [0.5, 0.6) is 0 Å². The van der Waals surface area contributed by atoms with Crippen LogP contribution in [0.15, 0.2) is 23.1 Å². The van der Waals surface area contributed by atoms with E-state index in [2.05, 4.69) is 5.32 Å². The van der Waals surface area contributed by atoms with Gasteiger partial charge in [0, 0.05) is 17.0 Å². The third kappa shape index (κ3) is 3.25. The van der Waals surface area contributed by atoms with Crippen LogP contribution in [-0.4, -0.2) is 58.3 Å². The van der Waals surface area contributed by atoms with E-state index in [1.165, 1.54) is 16.7 Å². The highest BCUT2D eigenvalue weighted by Crippen LogP contribution is 2.36. The molecule has 1 aromatic rings. The van der Waals surface area contributed by atoms with Crippen LogP contribution in [0.2, 0.25) is 0 Å². The minimum absolute atomic E-state index is 0.00767. The maximum atomic E-state index is 12.7. The number of aliphatic carboxylic acids is 1. The number of benzene rings is 1. The van der Waals surface area contributed by atoms with Crippen LogP contribution in [0.25, 0.3) is 0 Å². The first-order chi connectivity index (χ1) is 11.3. The number of morpholine rings is 1. The molecule has 3 rings (SSSR count). The fourth-order valence-electron chi connectivity index (χ4n) is 2.78. The van der Waals surface area contributed by atoms with Crippen molar-refractivity contribution >= 4 is 35.2 Å². The number of anilines is 1. The van der Waals surface area contributed by atoms with E-state index >= 15 is 0 Å². The molecule has 0 radical (unpaired) electrons. The predicted octanol–water partition coefficient (Wildman–Crippen LogP) is 1.43. The zero-order valence-corrected chi connectivity index (χ0v) is 14.1. The largest absolute Gasteiger partial charge is 0.479 e. The summed E-state index contributed by atoms with van der Waals surface area (Å²) < 4.78 is 5.33. The molecule has 3 atom stereocenters. The second-order valence-corrected chi connectivity index (χ2v) is 7.33. The van der Waals surface area contributed by atoms with E-state index in [0.717, 1.165) is 4.90 Å². The van der Waals surface area contributed by atoms with Gasteiger partial charge in [0.15, 0.2) is 6.10 Å². The second kappa shape index (κ2) is 6.45. The quantitative estimate of drug-likeness (QED) is 0.838. The molecule has 1 aromatic carbocycles. The Morgan fingerprint density at radius 3 is 2.79 bits per heavy atom. The van der Waals surface area contributed by atoms with Crippen molar-refractivity contribution in [3.8, 4) is 0 Å². The lowest BCUT2D eigenvalue weighted by Gasteiger charge is -2.35. The number of rotatable bonds is 2. The van der Waals surface area contributed by atoms with Gasteiger partial charge in [0.25, 0.3) is 5.91 Å². The average molecular weight is 350 g/mol. The SMILES string of the molecule is CC1Sc2ccc(C(=O)N3CC(C(=O)O)O[C@H](C)C3)cc2NC1=O. The molecule has 1 saturated heterocycles. The number of hydrogen-bond acceptors (Lipinski definition) is 5. The van der Waals surface area contributed by atoms with Gasteiger partial charge in [-0.05, 0) is 32.0 Å².